The van der Waals surface area contributed by atoms with E-state index in [2.05, 4.69) is 28.6 Å². The van der Waals surface area contributed by atoms with Gasteiger partial charge in [-0.1, -0.05) is 39.8 Å². The first-order valence-electron chi connectivity index (χ1n) is 5.35. The van der Waals surface area contributed by atoms with Gasteiger partial charge in [-0.15, -0.1) is 12.1 Å². The SMILES string of the molecule is C=C1C=C[C-]=C(c2ccc(Br)cc2F)N1CC.[Y]. The van der Waals surface area contributed by atoms with Crippen molar-refractivity contribution in [2.24, 2.45) is 0 Å². The maximum atomic E-state index is 13.9. The maximum absolute atomic E-state index is 13.9. The average Bonchev–Trinajstić information content (AvgIpc) is 2.29. The number of rotatable bonds is 2. The second kappa shape index (κ2) is 6.79. The van der Waals surface area contributed by atoms with Gasteiger partial charge in [-0.3, -0.25) is 0 Å². The van der Waals surface area contributed by atoms with Crippen molar-refractivity contribution in [3.8, 4) is 0 Å². The van der Waals surface area contributed by atoms with Crippen LogP contribution in [-0.2, 0) is 32.7 Å². The van der Waals surface area contributed by atoms with Crippen molar-refractivity contribution >= 4 is 21.6 Å². The molecule has 1 aromatic rings. The number of hydrogen-bond acceptors (Lipinski definition) is 1. The predicted molar refractivity (Wildman–Crippen MR) is 71.4 cm³/mol. The molecular formula is C14H12BrFNY-. The zero-order valence-corrected chi connectivity index (χ0v) is 14.5. The fourth-order valence-electron chi connectivity index (χ4n) is 1.79. The first-order valence-corrected chi connectivity index (χ1v) is 6.14. The molecule has 0 aliphatic carbocycles. The number of benzene rings is 1. The third kappa shape index (κ3) is 3.20. The summed E-state index contributed by atoms with van der Waals surface area (Å²) in [5, 5.41) is 0. The minimum absolute atomic E-state index is 0. The second-order valence-electron chi connectivity index (χ2n) is 3.69. The van der Waals surface area contributed by atoms with E-state index in [1.165, 1.54) is 6.07 Å². The molecule has 0 aromatic heterocycles. The Morgan fingerprint density at radius 3 is 2.78 bits per heavy atom. The first-order chi connectivity index (χ1) is 8.13. The van der Waals surface area contributed by atoms with Gasteiger partial charge in [0.05, 0.1) is 5.82 Å². The molecule has 2 rings (SSSR count). The Bertz CT molecular complexity index is 523. The molecule has 1 aliphatic heterocycles. The number of likely N-dealkylation sites (N-methyl/N-ethyl adjacent to an activating group) is 1. The van der Waals surface area contributed by atoms with Gasteiger partial charge in [-0.05, 0) is 18.7 Å². The summed E-state index contributed by atoms with van der Waals surface area (Å²) in [6.07, 6.45) is 6.71. The zero-order valence-electron chi connectivity index (χ0n) is 10.1. The Kier molecular flexibility index (Phi) is 5.96. The average molecular weight is 382 g/mol. The first kappa shape index (κ1) is 15.8. The maximum Gasteiger partial charge on any atom is 0.0792 e. The molecule has 91 valence electrons. The normalized spacial score (nSPS) is 14.3. The van der Waals surface area contributed by atoms with Crippen LogP contribution in [0.3, 0.4) is 0 Å². The van der Waals surface area contributed by atoms with E-state index in [4.69, 9.17) is 0 Å². The van der Waals surface area contributed by atoms with E-state index in [1.807, 2.05) is 24.0 Å². The molecule has 0 bridgehead atoms. The fourth-order valence-corrected chi connectivity index (χ4v) is 2.13. The van der Waals surface area contributed by atoms with Crippen LogP contribution in [0, 0.1) is 11.9 Å². The zero-order chi connectivity index (χ0) is 12.4. The van der Waals surface area contributed by atoms with Gasteiger partial charge in [0, 0.05) is 43.7 Å². The largest absolute Gasteiger partial charge is 0.376 e. The van der Waals surface area contributed by atoms with Crippen LogP contribution in [0.5, 0.6) is 0 Å². The van der Waals surface area contributed by atoms with Crippen LogP contribution >= 0.6 is 15.9 Å². The molecule has 0 amide bonds. The van der Waals surface area contributed by atoms with E-state index in [9.17, 15) is 4.39 Å². The molecule has 4 heteroatoms. The van der Waals surface area contributed by atoms with E-state index >= 15 is 0 Å². The third-order valence-electron chi connectivity index (χ3n) is 2.61. The molecule has 0 fully saturated rings. The van der Waals surface area contributed by atoms with Crippen LogP contribution in [0.15, 0.2) is 47.1 Å². The van der Waals surface area contributed by atoms with Gasteiger partial charge in [-0.25, -0.2) is 4.39 Å². The Labute approximate surface area is 140 Å². The number of hydrogen-bond donors (Lipinski definition) is 0. The van der Waals surface area contributed by atoms with Gasteiger partial charge >= 0.3 is 0 Å². The topological polar surface area (TPSA) is 3.24 Å². The summed E-state index contributed by atoms with van der Waals surface area (Å²) in [5.41, 5.74) is 2.12. The molecule has 1 aliphatic rings. The van der Waals surface area contributed by atoms with Gasteiger partial charge < -0.3 is 4.90 Å². The predicted octanol–water partition coefficient (Wildman–Crippen LogP) is 4.14. The van der Waals surface area contributed by atoms with Crippen molar-refractivity contribution in [1.82, 2.24) is 4.90 Å². The number of allylic oxidation sites excluding steroid dienone is 3. The quantitative estimate of drug-likeness (QED) is 0.696. The molecule has 1 nitrogen and oxygen atoms in total. The minimum atomic E-state index is -0.261. The molecule has 18 heavy (non-hydrogen) atoms. The minimum Gasteiger partial charge on any atom is -0.376 e. The molecule has 1 radical (unpaired) electrons. The van der Waals surface area contributed by atoms with Gasteiger partial charge in [0.1, 0.15) is 0 Å². The van der Waals surface area contributed by atoms with Crippen molar-refractivity contribution in [3.05, 3.63) is 64.6 Å². The summed E-state index contributed by atoms with van der Waals surface area (Å²) in [4.78, 5) is 1.94. The molecular weight excluding hydrogens is 370 g/mol. The van der Waals surface area contributed by atoms with Crippen molar-refractivity contribution in [1.29, 1.82) is 0 Å². The molecule has 0 atom stereocenters. The van der Waals surface area contributed by atoms with E-state index in [-0.39, 0.29) is 38.5 Å². The summed E-state index contributed by atoms with van der Waals surface area (Å²) in [7, 11) is 0. The Morgan fingerprint density at radius 1 is 1.44 bits per heavy atom. The number of halogens is 2. The van der Waals surface area contributed by atoms with Crippen molar-refractivity contribution in [3.63, 3.8) is 0 Å². The van der Waals surface area contributed by atoms with Crippen molar-refractivity contribution < 1.29 is 37.1 Å². The second-order valence-corrected chi connectivity index (χ2v) is 4.60. The van der Waals surface area contributed by atoms with Crippen molar-refractivity contribution in [2.45, 2.75) is 6.92 Å². The van der Waals surface area contributed by atoms with Crippen LogP contribution in [-0.4, -0.2) is 11.4 Å². The van der Waals surface area contributed by atoms with Gasteiger partial charge in [0.25, 0.3) is 0 Å². The molecule has 0 N–H and O–H groups in total. The fraction of sp³-hybridized carbons (Fsp3) is 0.143. The smallest absolute Gasteiger partial charge is 0.0792 e. The summed E-state index contributed by atoms with van der Waals surface area (Å²) >= 11 is 3.25. The van der Waals surface area contributed by atoms with Crippen LogP contribution in [0.4, 0.5) is 4.39 Å². The molecule has 1 aromatic carbocycles. The van der Waals surface area contributed by atoms with Gasteiger partial charge in [-0.2, -0.15) is 12.2 Å². The molecule has 0 spiro atoms. The number of nitrogens with zero attached hydrogens (tertiary/aromatic N) is 1. The summed E-state index contributed by atoms with van der Waals surface area (Å²) in [5.74, 6) is -0.261. The van der Waals surface area contributed by atoms with E-state index in [0.717, 1.165) is 22.4 Å². The van der Waals surface area contributed by atoms with Crippen LogP contribution < -0.4 is 0 Å². The third-order valence-corrected chi connectivity index (χ3v) is 3.11. The Balaban J connectivity index is 0.00000162. The van der Waals surface area contributed by atoms with E-state index < -0.39 is 0 Å². The van der Waals surface area contributed by atoms with Crippen LogP contribution in [0.25, 0.3) is 5.70 Å². The van der Waals surface area contributed by atoms with Gasteiger partial charge in [0.2, 0.25) is 0 Å². The molecule has 1 heterocycles. The Morgan fingerprint density at radius 2 is 2.17 bits per heavy atom. The van der Waals surface area contributed by atoms with Crippen LogP contribution in [0.2, 0.25) is 0 Å². The standard InChI is InChI=1S/C14H12BrFN.Y/c1-3-17-10(2)5-4-6-14(17)12-8-7-11(15)9-13(12)16;/h4-5,7-9H,2-3H2,1H3;/q-1;. The van der Waals surface area contributed by atoms with Crippen molar-refractivity contribution in [2.75, 3.05) is 6.54 Å². The van der Waals surface area contributed by atoms with Crippen LogP contribution in [0.1, 0.15) is 12.5 Å². The monoisotopic (exact) mass is 381 g/mol. The van der Waals surface area contributed by atoms with Gasteiger partial charge in [0.15, 0.2) is 0 Å². The van der Waals surface area contributed by atoms with E-state index in [0.29, 0.717) is 5.56 Å². The summed E-state index contributed by atoms with van der Waals surface area (Å²) < 4.78 is 14.6. The Hall–Kier alpha value is -0.246. The van der Waals surface area contributed by atoms with E-state index in [1.54, 1.807) is 12.1 Å². The summed E-state index contributed by atoms with van der Waals surface area (Å²) in [6.45, 7) is 6.68. The molecule has 0 unspecified atom stereocenters. The molecule has 0 saturated heterocycles. The summed E-state index contributed by atoms with van der Waals surface area (Å²) in [6, 6.07) is 5.03. The molecule has 0 saturated carbocycles.